The lowest BCUT2D eigenvalue weighted by atomic mass is 10.1. The van der Waals surface area contributed by atoms with Crippen molar-refractivity contribution in [2.75, 3.05) is 18.0 Å². The van der Waals surface area contributed by atoms with E-state index in [1.807, 2.05) is 25.1 Å². The first-order chi connectivity index (χ1) is 12.0. The van der Waals surface area contributed by atoms with Crippen molar-refractivity contribution in [1.82, 2.24) is 14.1 Å². The molecule has 2 aromatic heterocycles. The fraction of sp³-hybridized carbons (Fsp3) is 0.389. The van der Waals surface area contributed by atoms with Gasteiger partial charge >= 0.3 is 5.69 Å². The number of hydrogen-bond donors (Lipinski definition) is 0. The molecule has 0 N–H and O–H groups in total. The maximum atomic E-state index is 12.7. The van der Waals surface area contributed by atoms with E-state index in [2.05, 4.69) is 16.0 Å². The molecule has 1 saturated heterocycles. The average molecular weight is 356 g/mol. The minimum Gasteiger partial charge on any atom is -0.348 e. The Labute approximate surface area is 149 Å². The predicted octanol–water partition coefficient (Wildman–Crippen LogP) is 2.11. The fourth-order valence-corrected chi connectivity index (χ4v) is 4.41. The molecule has 6 nitrogen and oxygen atoms in total. The predicted molar refractivity (Wildman–Crippen MR) is 101 cm³/mol. The third-order valence-corrected chi connectivity index (χ3v) is 5.76. The van der Waals surface area contributed by atoms with Crippen molar-refractivity contribution in [1.29, 1.82) is 0 Å². The van der Waals surface area contributed by atoms with Crippen LogP contribution in [0.3, 0.4) is 0 Å². The van der Waals surface area contributed by atoms with Gasteiger partial charge in [0.25, 0.3) is 5.56 Å². The summed E-state index contributed by atoms with van der Waals surface area (Å²) in [6.45, 7) is 4.36. The molecule has 0 bridgehead atoms. The molecule has 3 aromatic rings. The Morgan fingerprint density at radius 1 is 1.20 bits per heavy atom. The normalized spacial score (nSPS) is 14.6. The zero-order chi connectivity index (χ0) is 17.6. The Morgan fingerprint density at radius 2 is 1.96 bits per heavy atom. The van der Waals surface area contributed by atoms with Crippen LogP contribution in [0.25, 0.3) is 10.3 Å². The molecule has 4 rings (SSSR count). The summed E-state index contributed by atoms with van der Waals surface area (Å²) >= 11 is 1.39. The molecule has 1 fully saturated rings. The van der Waals surface area contributed by atoms with Crippen LogP contribution in [0.2, 0.25) is 0 Å². The number of nitrogens with zero attached hydrogens (tertiary/aromatic N) is 4. The van der Waals surface area contributed by atoms with E-state index in [4.69, 9.17) is 0 Å². The number of aromatic nitrogens is 3. The molecule has 0 spiro atoms. The Kier molecular flexibility index (Phi) is 3.95. The van der Waals surface area contributed by atoms with Gasteiger partial charge in [-0.15, -0.1) is 0 Å². The van der Waals surface area contributed by atoms with Gasteiger partial charge in [0, 0.05) is 20.1 Å². The molecule has 0 saturated carbocycles. The van der Waals surface area contributed by atoms with E-state index in [1.165, 1.54) is 23.0 Å². The van der Waals surface area contributed by atoms with Crippen LogP contribution in [0.5, 0.6) is 0 Å². The van der Waals surface area contributed by atoms with Crippen molar-refractivity contribution in [3.05, 3.63) is 56.2 Å². The minimum atomic E-state index is -0.322. The second-order valence-electron chi connectivity index (χ2n) is 6.57. The first-order valence-corrected chi connectivity index (χ1v) is 9.27. The van der Waals surface area contributed by atoms with E-state index in [-0.39, 0.29) is 11.2 Å². The van der Waals surface area contributed by atoms with Crippen molar-refractivity contribution in [3.8, 4) is 0 Å². The second kappa shape index (κ2) is 6.15. The maximum absolute atomic E-state index is 12.7. The zero-order valence-electron chi connectivity index (χ0n) is 14.4. The number of hydrogen-bond acceptors (Lipinski definition) is 5. The number of rotatable bonds is 3. The quantitative estimate of drug-likeness (QED) is 0.721. The summed E-state index contributed by atoms with van der Waals surface area (Å²) in [5.41, 5.74) is 2.09. The second-order valence-corrected chi connectivity index (χ2v) is 7.54. The van der Waals surface area contributed by atoms with E-state index in [0.29, 0.717) is 16.9 Å². The van der Waals surface area contributed by atoms with Gasteiger partial charge in [-0.25, -0.2) is 9.78 Å². The van der Waals surface area contributed by atoms with Crippen LogP contribution in [0.4, 0.5) is 5.13 Å². The Bertz CT molecular complexity index is 1060. The molecule has 0 aliphatic carbocycles. The molecule has 1 aromatic carbocycles. The molecule has 0 unspecified atom stereocenters. The van der Waals surface area contributed by atoms with Crippen LogP contribution in [0.1, 0.15) is 24.0 Å². The van der Waals surface area contributed by atoms with E-state index in [9.17, 15) is 9.59 Å². The SMILES string of the molecule is Cc1cccc(Cn2c(=O)n(C)c(=O)c3sc(N4CCCC4)nc32)c1. The number of anilines is 1. The monoisotopic (exact) mass is 356 g/mol. The summed E-state index contributed by atoms with van der Waals surface area (Å²) in [6, 6.07) is 8.05. The highest BCUT2D eigenvalue weighted by Gasteiger charge is 2.21. The number of aryl methyl sites for hydroxylation is 1. The van der Waals surface area contributed by atoms with Crippen molar-refractivity contribution < 1.29 is 0 Å². The fourth-order valence-electron chi connectivity index (χ4n) is 3.31. The van der Waals surface area contributed by atoms with Crippen molar-refractivity contribution >= 4 is 26.8 Å². The Morgan fingerprint density at radius 3 is 2.68 bits per heavy atom. The largest absolute Gasteiger partial charge is 0.348 e. The van der Waals surface area contributed by atoms with Crippen molar-refractivity contribution in [2.45, 2.75) is 26.3 Å². The third-order valence-electron chi connectivity index (χ3n) is 4.67. The van der Waals surface area contributed by atoms with Crippen LogP contribution in [0, 0.1) is 6.92 Å². The molecular weight excluding hydrogens is 336 g/mol. The van der Waals surface area contributed by atoms with Gasteiger partial charge in [-0.05, 0) is 25.3 Å². The van der Waals surface area contributed by atoms with Gasteiger partial charge in [-0.2, -0.15) is 0 Å². The summed E-state index contributed by atoms with van der Waals surface area (Å²) in [5.74, 6) is 0. The maximum Gasteiger partial charge on any atom is 0.332 e. The first kappa shape index (κ1) is 16.1. The van der Waals surface area contributed by atoms with Crippen LogP contribution >= 0.6 is 11.3 Å². The van der Waals surface area contributed by atoms with Gasteiger partial charge in [0.15, 0.2) is 10.8 Å². The molecule has 0 amide bonds. The smallest absolute Gasteiger partial charge is 0.332 e. The molecular formula is C18H20N4O2S. The van der Waals surface area contributed by atoms with E-state index < -0.39 is 0 Å². The molecule has 1 aliphatic heterocycles. The highest BCUT2D eigenvalue weighted by Crippen LogP contribution is 2.28. The molecule has 1 aliphatic rings. The topological polar surface area (TPSA) is 60.1 Å². The van der Waals surface area contributed by atoms with Crippen LogP contribution < -0.4 is 16.1 Å². The summed E-state index contributed by atoms with van der Waals surface area (Å²) in [6.07, 6.45) is 2.29. The highest BCUT2D eigenvalue weighted by atomic mass is 32.1. The van der Waals surface area contributed by atoms with Gasteiger partial charge in [0.2, 0.25) is 0 Å². The summed E-state index contributed by atoms with van der Waals surface area (Å²) in [7, 11) is 1.53. The average Bonchev–Trinajstić information content (AvgIpc) is 3.26. The number of fused-ring (bicyclic) bond motifs is 1. The van der Waals surface area contributed by atoms with Crippen LogP contribution in [0.15, 0.2) is 33.9 Å². The Hall–Kier alpha value is -2.41. The van der Waals surface area contributed by atoms with Gasteiger partial charge < -0.3 is 4.90 Å². The summed E-state index contributed by atoms with van der Waals surface area (Å²) < 4.78 is 3.35. The Balaban J connectivity index is 1.89. The summed E-state index contributed by atoms with van der Waals surface area (Å²) in [4.78, 5) is 32.1. The van der Waals surface area contributed by atoms with Crippen LogP contribution in [-0.4, -0.2) is 27.2 Å². The number of benzene rings is 1. The van der Waals surface area contributed by atoms with Crippen LogP contribution in [-0.2, 0) is 13.6 Å². The molecule has 7 heteroatoms. The third kappa shape index (κ3) is 2.78. The van der Waals surface area contributed by atoms with E-state index in [1.54, 1.807) is 4.57 Å². The summed E-state index contributed by atoms with van der Waals surface area (Å²) in [5, 5.41) is 0.841. The van der Waals surface area contributed by atoms with Gasteiger partial charge in [0.1, 0.15) is 4.70 Å². The van der Waals surface area contributed by atoms with Gasteiger partial charge in [0.05, 0.1) is 6.54 Å². The van der Waals surface area contributed by atoms with Crippen molar-refractivity contribution in [3.63, 3.8) is 0 Å². The lowest BCUT2D eigenvalue weighted by molar-refractivity contribution is 0.670. The minimum absolute atomic E-state index is 0.261. The molecule has 3 heterocycles. The molecule has 0 radical (unpaired) electrons. The highest BCUT2D eigenvalue weighted by molar-refractivity contribution is 7.22. The van der Waals surface area contributed by atoms with E-state index >= 15 is 0 Å². The molecule has 130 valence electrons. The molecule has 0 atom stereocenters. The molecule has 25 heavy (non-hydrogen) atoms. The lowest BCUT2D eigenvalue weighted by Crippen LogP contribution is -2.38. The van der Waals surface area contributed by atoms with Gasteiger partial charge in [-0.1, -0.05) is 41.2 Å². The first-order valence-electron chi connectivity index (χ1n) is 8.45. The standard InChI is InChI=1S/C18H20N4O2S/c1-12-6-5-7-13(10-12)11-22-15-14(16(23)20(2)18(22)24)25-17(19-15)21-8-3-4-9-21/h5-7,10H,3-4,8-9,11H2,1-2H3. The number of thiazole rings is 1. The zero-order valence-corrected chi connectivity index (χ0v) is 15.2. The lowest BCUT2D eigenvalue weighted by Gasteiger charge is -2.12. The van der Waals surface area contributed by atoms with E-state index in [0.717, 1.165) is 42.2 Å². The van der Waals surface area contributed by atoms with Crippen molar-refractivity contribution in [2.24, 2.45) is 7.05 Å². The van der Waals surface area contributed by atoms with Gasteiger partial charge in [-0.3, -0.25) is 13.9 Å².